The fourth-order valence-electron chi connectivity index (χ4n) is 5.69. The number of ether oxygens (including phenoxy) is 1. The van der Waals surface area contributed by atoms with Crippen LogP contribution in [0.3, 0.4) is 0 Å². The van der Waals surface area contributed by atoms with Gasteiger partial charge in [-0.1, -0.05) is 0 Å². The molecule has 2 aliphatic carbocycles. The molecular weight excluding hydrogens is 388 g/mol. The Hall–Kier alpha value is -0.960. The molecule has 2 saturated heterocycles. The summed E-state index contributed by atoms with van der Waals surface area (Å²) in [7, 11) is 0.565. The van der Waals surface area contributed by atoms with Crippen molar-refractivity contribution in [2.45, 2.75) is 55.5 Å². The third-order valence-corrected chi connectivity index (χ3v) is 9.55. The molecule has 3 heterocycles. The molecule has 1 aromatic heterocycles. The fraction of sp³-hybridized carbons (Fsp3) is 0.857. The molecule has 0 amide bonds. The first-order valence-electron chi connectivity index (χ1n) is 11.2. The Morgan fingerprint density at radius 1 is 1.14 bits per heavy atom. The Bertz CT molecular complexity index is 830. The van der Waals surface area contributed by atoms with Crippen LogP contribution in [0.2, 0.25) is 0 Å². The van der Waals surface area contributed by atoms with Crippen LogP contribution in [0.4, 0.5) is 0 Å². The molecule has 1 unspecified atom stereocenters. The lowest BCUT2D eigenvalue weighted by Gasteiger charge is -2.31. The summed E-state index contributed by atoms with van der Waals surface area (Å²) in [4.78, 5) is 2.54. The summed E-state index contributed by atoms with van der Waals surface area (Å²) in [6.45, 7) is 4.28. The third-order valence-electron chi connectivity index (χ3n) is 7.66. The molecule has 3 atom stereocenters. The van der Waals surface area contributed by atoms with Crippen LogP contribution in [0.5, 0.6) is 0 Å². The third kappa shape index (κ3) is 3.89. The van der Waals surface area contributed by atoms with E-state index < -0.39 is 10.0 Å². The zero-order valence-corrected chi connectivity index (χ0v) is 18.5. The van der Waals surface area contributed by atoms with Crippen LogP contribution >= 0.6 is 0 Å². The minimum Gasteiger partial charge on any atom is -0.381 e. The average Bonchev–Trinajstić information content (AvgIpc) is 3.15. The molecule has 0 aromatic carbocycles. The lowest BCUT2D eigenvalue weighted by Crippen LogP contribution is -2.38. The second kappa shape index (κ2) is 7.62. The van der Waals surface area contributed by atoms with Gasteiger partial charge in [0, 0.05) is 57.9 Å². The summed E-state index contributed by atoms with van der Waals surface area (Å²) in [5, 5.41) is 4.84. The van der Waals surface area contributed by atoms with Crippen molar-refractivity contribution >= 4 is 10.0 Å². The lowest BCUT2D eigenvalue weighted by molar-refractivity contribution is 0.0500. The quantitative estimate of drug-likeness (QED) is 0.702. The van der Waals surface area contributed by atoms with Gasteiger partial charge in [0.25, 0.3) is 10.0 Å². The molecule has 4 fully saturated rings. The van der Waals surface area contributed by atoms with E-state index in [4.69, 9.17) is 4.74 Å². The molecule has 8 heteroatoms. The van der Waals surface area contributed by atoms with Gasteiger partial charge in [-0.3, -0.25) is 4.68 Å². The standard InChI is InChI=1S/C21H34N4O3S/c1-23(12-15-5-7-28-8-6-15)19-9-17-13-25(14-18(17)10-19)29(26,27)21-11-20(16-3-4-16)22-24(21)2/h11,15-19H,3-10,12-14H2,1-2H3/t17-,18+,19?. The highest BCUT2D eigenvalue weighted by atomic mass is 32.2. The van der Waals surface area contributed by atoms with E-state index in [1.54, 1.807) is 16.0 Å². The van der Waals surface area contributed by atoms with Crippen LogP contribution < -0.4 is 0 Å². The Balaban J connectivity index is 1.20. The van der Waals surface area contributed by atoms with Crippen LogP contribution in [0.15, 0.2) is 11.1 Å². The molecule has 0 radical (unpaired) electrons. The molecule has 0 N–H and O–H groups in total. The summed E-state index contributed by atoms with van der Waals surface area (Å²) in [5.74, 6) is 2.19. The molecular formula is C21H34N4O3S. The normalized spacial score (nSPS) is 31.6. The number of fused-ring (bicyclic) bond motifs is 1. The van der Waals surface area contributed by atoms with E-state index >= 15 is 0 Å². The number of aryl methyl sites for hydroxylation is 1. The van der Waals surface area contributed by atoms with Crippen LogP contribution in [-0.4, -0.2) is 73.3 Å². The highest BCUT2D eigenvalue weighted by Gasteiger charge is 2.46. The highest BCUT2D eigenvalue weighted by Crippen LogP contribution is 2.43. The minimum absolute atomic E-state index is 0.368. The van der Waals surface area contributed by atoms with Crippen molar-refractivity contribution in [3.63, 3.8) is 0 Å². The molecule has 4 aliphatic rings. The number of nitrogens with zero attached hydrogens (tertiary/aromatic N) is 4. The van der Waals surface area contributed by atoms with Crippen molar-refractivity contribution in [1.82, 2.24) is 19.0 Å². The van der Waals surface area contributed by atoms with E-state index in [0.29, 0.717) is 41.9 Å². The molecule has 7 nitrogen and oxygen atoms in total. The fourth-order valence-corrected chi connectivity index (χ4v) is 7.37. The topological polar surface area (TPSA) is 67.7 Å². The molecule has 2 saturated carbocycles. The van der Waals surface area contributed by atoms with Crippen LogP contribution in [0.1, 0.15) is 50.1 Å². The van der Waals surface area contributed by atoms with E-state index in [2.05, 4.69) is 17.0 Å². The van der Waals surface area contributed by atoms with Crippen LogP contribution in [0.25, 0.3) is 0 Å². The summed E-state index contributed by atoms with van der Waals surface area (Å²) in [5.41, 5.74) is 0.945. The van der Waals surface area contributed by atoms with Gasteiger partial charge in [0.05, 0.1) is 5.69 Å². The van der Waals surface area contributed by atoms with Gasteiger partial charge in [-0.25, -0.2) is 8.42 Å². The molecule has 29 heavy (non-hydrogen) atoms. The van der Waals surface area contributed by atoms with E-state index in [0.717, 1.165) is 57.1 Å². The summed E-state index contributed by atoms with van der Waals surface area (Å²) in [6, 6.07) is 2.40. The van der Waals surface area contributed by atoms with Gasteiger partial charge in [0.2, 0.25) is 0 Å². The molecule has 1 aromatic rings. The molecule has 0 spiro atoms. The summed E-state index contributed by atoms with van der Waals surface area (Å²) < 4.78 is 35.3. The van der Waals surface area contributed by atoms with Crippen molar-refractivity contribution in [2.75, 3.05) is 39.9 Å². The van der Waals surface area contributed by atoms with Crippen molar-refractivity contribution < 1.29 is 13.2 Å². The Morgan fingerprint density at radius 2 is 1.79 bits per heavy atom. The van der Waals surface area contributed by atoms with Gasteiger partial charge in [0.1, 0.15) is 0 Å². The first-order chi connectivity index (χ1) is 13.9. The number of hydrogen-bond acceptors (Lipinski definition) is 5. The minimum atomic E-state index is -3.45. The predicted octanol–water partition coefficient (Wildman–Crippen LogP) is 2.05. The average molecular weight is 423 g/mol. The monoisotopic (exact) mass is 422 g/mol. The molecule has 2 aliphatic heterocycles. The maximum atomic E-state index is 13.3. The van der Waals surface area contributed by atoms with Crippen molar-refractivity contribution in [3.05, 3.63) is 11.8 Å². The van der Waals surface area contributed by atoms with E-state index in [-0.39, 0.29) is 0 Å². The first-order valence-corrected chi connectivity index (χ1v) is 12.7. The van der Waals surface area contributed by atoms with Gasteiger partial charge in [-0.05, 0) is 63.3 Å². The smallest absolute Gasteiger partial charge is 0.260 e. The van der Waals surface area contributed by atoms with Crippen molar-refractivity contribution in [3.8, 4) is 0 Å². The van der Waals surface area contributed by atoms with Gasteiger partial charge in [-0.15, -0.1) is 0 Å². The maximum absolute atomic E-state index is 13.3. The van der Waals surface area contributed by atoms with Gasteiger partial charge < -0.3 is 9.64 Å². The molecule has 0 bridgehead atoms. The predicted molar refractivity (Wildman–Crippen MR) is 110 cm³/mol. The van der Waals surface area contributed by atoms with Gasteiger partial charge >= 0.3 is 0 Å². The van der Waals surface area contributed by atoms with E-state index in [1.165, 1.54) is 12.8 Å². The second-order valence-electron chi connectivity index (χ2n) is 9.77. The van der Waals surface area contributed by atoms with Crippen LogP contribution in [-0.2, 0) is 21.8 Å². The Labute approximate surface area is 174 Å². The number of aromatic nitrogens is 2. The summed E-state index contributed by atoms with van der Waals surface area (Å²) in [6.07, 6.45) is 6.84. The zero-order chi connectivity index (χ0) is 20.2. The SMILES string of the molecule is CN(CC1CCOCC1)C1C[C@@H]2CN(S(=O)(=O)c3cc(C4CC4)nn3C)C[C@@H]2C1. The van der Waals surface area contributed by atoms with Crippen molar-refractivity contribution in [2.24, 2.45) is 24.8 Å². The second-order valence-corrected chi connectivity index (χ2v) is 11.7. The lowest BCUT2D eigenvalue weighted by atomic mass is 9.99. The number of sulfonamides is 1. The van der Waals surface area contributed by atoms with Gasteiger partial charge in [-0.2, -0.15) is 9.40 Å². The molecule has 162 valence electrons. The largest absolute Gasteiger partial charge is 0.381 e. The first kappa shape index (κ1) is 20.0. The Kier molecular flexibility index (Phi) is 5.25. The van der Waals surface area contributed by atoms with E-state index in [1.807, 2.05) is 6.07 Å². The van der Waals surface area contributed by atoms with Crippen molar-refractivity contribution in [1.29, 1.82) is 0 Å². The highest BCUT2D eigenvalue weighted by molar-refractivity contribution is 7.89. The summed E-state index contributed by atoms with van der Waals surface area (Å²) >= 11 is 0. The zero-order valence-electron chi connectivity index (χ0n) is 17.7. The number of rotatable bonds is 6. The maximum Gasteiger partial charge on any atom is 0.260 e. The van der Waals surface area contributed by atoms with Gasteiger partial charge in [0.15, 0.2) is 5.03 Å². The number of hydrogen-bond donors (Lipinski definition) is 0. The molecule has 5 rings (SSSR count). The van der Waals surface area contributed by atoms with E-state index in [9.17, 15) is 8.42 Å². The Morgan fingerprint density at radius 3 is 2.41 bits per heavy atom. The van der Waals surface area contributed by atoms with Crippen LogP contribution in [0, 0.1) is 17.8 Å².